The van der Waals surface area contributed by atoms with E-state index in [-0.39, 0.29) is 18.4 Å². The zero-order valence-corrected chi connectivity index (χ0v) is 18.7. The minimum atomic E-state index is -0.342. The monoisotopic (exact) mass is 430 g/mol. The van der Waals surface area contributed by atoms with Gasteiger partial charge in [-0.1, -0.05) is 6.07 Å². The summed E-state index contributed by atoms with van der Waals surface area (Å²) in [4.78, 5) is 26.7. The third-order valence-electron chi connectivity index (χ3n) is 4.24. The van der Waals surface area contributed by atoms with Crippen molar-refractivity contribution >= 4 is 17.5 Å². The lowest BCUT2D eigenvalue weighted by Crippen LogP contribution is -2.35. The fourth-order valence-electron chi connectivity index (χ4n) is 2.92. The van der Waals surface area contributed by atoms with Crippen molar-refractivity contribution in [1.82, 2.24) is 4.90 Å². The smallest absolute Gasteiger partial charge is 0.254 e. The van der Waals surface area contributed by atoms with E-state index in [9.17, 15) is 9.59 Å². The topological polar surface area (TPSA) is 86.3 Å². The second kappa shape index (κ2) is 11.7. The Balaban J connectivity index is 2.18. The van der Waals surface area contributed by atoms with Crippen LogP contribution in [0.5, 0.6) is 23.0 Å². The van der Waals surface area contributed by atoms with Crippen molar-refractivity contribution in [3.05, 3.63) is 42.0 Å². The first kappa shape index (κ1) is 23.9. The molecule has 0 saturated carbocycles. The fourth-order valence-corrected chi connectivity index (χ4v) is 2.92. The van der Waals surface area contributed by atoms with Gasteiger partial charge in [0.2, 0.25) is 11.7 Å². The first-order valence-electron chi connectivity index (χ1n) is 10.2. The van der Waals surface area contributed by atoms with Crippen LogP contribution in [0.2, 0.25) is 0 Å². The van der Waals surface area contributed by atoms with Gasteiger partial charge in [0.1, 0.15) is 5.75 Å². The number of ether oxygens (including phenoxy) is 4. The van der Waals surface area contributed by atoms with E-state index in [0.29, 0.717) is 54.1 Å². The minimum absolute atomic E-state index is 0.128. The van der Waals surface area contributed by atoms with E-state index >= 15 is 0 Å². The van der Waals surface area contributed by atoms with Crippen molar-refractivity contribution in [3.8, 4) is 23.0 Å². The van der Waals surface area contributed by atoms with Crippen LogP contribution in [0.25, 0.3) is 0 Å². The van der Waals surface area contributed by atoms with Gasteiger partial charge in [-0.2, -0.15) is 0 Å². The Labute approximate surface area is 183 Å². The molecule has 31 heavy (non-hydrogen) atoms. The van der Waals surface area contributed by atoms with Crippen LogP contribution in [-0.4, -0.2) is 57.2 Å². The van der Waals surface area contributed by atoms with Crippen molar-refractivity contribution in [2.75, 3.05) is 45.8 Å². The first-order valence-corrected chi connectivity index (χ1v) is 10.2. The molecule has 0 bridgehead atoms. The van der Waals surface area contributed by atoms with Crippen molar-refractivity contribution in [3.63, 3.8) is 0 Å². The van der Waals surface area contributed by atoms with E-state index in [4.69, 9.17) is 18.9 Å². The second-order valence-corrected chi connectivity index (χ2v) is 6.54. The number of hydrogen-bond donors (Lipinski definition) is 1. The van der Waals surface area contributed by atoms with Crippen molar-refractivity contribution in [2.24, 2.45) is 0 Å². The molecule has 0 heterocycles. The van der Waals surface area contributed by atoms with Gasteiger partial charge in [0.15, 0.2) is 11.5 Å². The SMILES string of the molecule is CCOc1cc(C(=O)N(C)CC(=O)Nc2cccc(OC)c2)cc(OCC)c1OCC. The number of nitrogens with one attached hydrogen (secondary N) is 1. The number of methoxy groups -OCH3 is 1. The van der Waals surface area contributed by atoms with Gasteiger partial charge in [0.25, 0.3) is 5.91 Å². The van der Waals surface area contributed by atoms with Gasteiger partial charge >= 0.3 is 0 Å². The molecule has 0 radical (unpaired) electrons. The van der Waals surface area contributed by atoms with E-state index in [0.717, 1.165) is 0 Å². The molecule has 0 aliphatic heterocycles. The number of likely N-dealkylation sites (N-methyl/N-ethyl adjacent to an activating group) is 1. The van der Waals surface area contributed by atoms with Crippen LogP contribution < -0.4 is 24.3 Å². The van der Waals surface area contributed by atoms with Crippen LogP contribution in [0.4, 0.5) is 5.69 Å². The molecule has 2 aromatic rings. The Morgan fingerprint density at radius 2 is 1.55 bits per heavy atom. The van der Waals surface area contributed by atoms with Gasteiger partial charge in [-0.05, 0) is 45.0 Å². The van der Waals surface area contributed by atoms with Crippen molar-refractivity contribution in [2.45, 2.75) is 20.8 Å². The van der Waals surface area contributed by atoms with E-state index in [1.165, 1.54) is 4.90 Å². The summed E-state index contributed by atoms with van der Waals surface area (Å²) in [7, 11) is 3.11. The highest BCUT2D eigenvalue weighted by atomic mass is 16.5. The number of carbonyl (C=O) groups is 2. The fraction of sp³-hybridized carbons (Fsp3) is 0.391. The summed E-state index contributed by atoms with van der Waals surface area (Å²) >= 11 is 0. The number of carbonyl (C=O) groups excluding carboxylic acids is 2. The van der Waals surface area contributed by atoms with Gasteiger partial charge in [-0.3, -0.25) is 9.59 Å². The summed E-state index contributed by atoms with van der Waals surface area (Å²) in [5, 5.41) is 2.76. The third-order valence-corrected chi connectivity index (χ3v) is 4.24. The number of benzene rings is 2. The van der Waals surface area contributed by atoms with Crippen molar-refractivity contribution in [1.29, 1.82) is 0 Å². The Bertz CT molecular complexity index is 872. The van der Waals surface area contributed by atoms with Gasteiger partial charge in [-0.25, -0.2) is 0 Å². The van der Waals surface area contributed by atoms with Crippen LogP contribution in [-0.2, 0) is 4.79 Å². The van der Waals surface area contributed by atoms with Gasteiger partial charge in [0, 0.05) is 24.4 Å². The van der Waals surface area contributed by atoms with E-state index in [1.54, 1.807) is 50.6 Å². The molecule has 8 heteroatoms. The maximum Gasteiger partial charge on any atom is 0.254 e. The highest BCUT2D eigenvalue weighted by Crippen LogP contribution is 2.39. The molecular formula is C23H30N2O6. The molecular weight excluding hydrogens is 400 g/mol. The molecule has 2 amide bonds. The molecule has 0 fully saturated rings. The van der Waals surface area contributed by atoms with Crippen molar-refractivity contribution < 1.29 is 28.5 Å². The van der Waals surface area contributed by atoms with Crippen LogP contribution >= 0.6 is 0 Å². The molecule has 2 aromatic carbocycles. The number of amides is 2. The summed E-state index contributed by atoms with van der Waals surface area (Å²) in [5.74, 6) is 1.27. The lowest BCUT2D eigenvalue weighted by Gasteiger charge is -2.20. The molecule has 0 saturated heterocycles. The van der Waals surface area contributed by atoms with Crippen LogP contribution in [0, 0.1) is 0 Å². The van der Waals surface area contributed by atoms with Gasteiger partial charge in [-0.15, -0.1) is 0 Å². The number of anilines is 1. The van der Waals surface area contributed by atoms with Crippen LogP contribution in [0.1, 0.15) is 31.1 Å². The zero-order valence-electron chi connectivity index (χ0n) is 18.7. The molecule has 168 valence electrons. The van der Waals surface area contributed by atoms with Gasteiger partial charge in [0.05, 0.1) is 33.5 Å². The quantitative estimate of drug-likeness (QED) is 0.586. The first-order chi connectivity index (χ1) is 14.9. The Morgan fingerprint density at radius 1 is 0.935 bits per heavy atom. The average Bonchev–Trinajstić information content (AvgIpc) is 2.75. The molecule has 0 aliphatic rings. The summed E-state index contributed by atoms with van der Waals surface area (Å²) in [6.07, 6.45) is 0. The van der Waals surface area contributed by atoms with E-state index in [2.05, 4.69) is 5.32 Å². The largest absolute Gasteiger partial charge is 0.497 e. The third kappa shape index (κ3) is 6.53. The summed E-state index contributed by atoms with van der Waals surface area (Å²) in [6, 6.07) is 10.2. The summed E-state index contributed by atoms with van der Waals surface area (Å²) in [6.45, 7) is 6.66. The van der Waals surface area contributed by atoms with E-state index in [1.807, 2.05) is 20.8 Å². The number of rotatable bonds is 11. The normalized spacial score (nSPS) is 10.2. The van der Waals surface area contributed by atoms with E-state index < -0.39 is 0 Å². The standard InChI is InChI=1S/C23H30N2O6/c1-6-29-19-12-16(13-20(30-7-2)22(19)31-8-3)23(27)25(4)15-21(26)24-17-10-9-11-18(14-17)28-5/h9-14H,6-8,15H2,1-5H3,(H,24,26). The predicted octanol–water partition coefficient (Wildman–Crippen LogP) is 3.60. The molecule has 0 atom stereocenters. The van der Waals surface area contributed by atoms with Crippen LogP contribution in [0.3, 0.4) is 0 Å². The average molecular weight is 431 g/mol. The number of nitrogens with zero attached hydrogens (tertiary/aromatic N) is 1. The molecule has 2 rings (SSSR count). The molecule has 0 aromatic heterocycles. The maximum atomic E-state index is 13.0. The predicted molar refractivity (Wildman–Crippen MR) is 119 cm³/mol. The molecule has 0 unspecified atom stereocenters. The summed E-state index contributed by atoms with van der Waals surface area (Å²) < 4.78 is 22.1. The Morgan fingerprint density at radius 3 is 2.10 bits per heavy atom. The molecule has 0 aliphatic carbocycles. The second-order valence-electron chi connectivity index (χ2n) is 6.54. The number of hydrogen-bond acceptors (Lipinski definition) is 6. The summed E-state index contributed by atoms with van der Waals surface area (Å²) in [5.41, 5.74) is 0.926. The van der Waals surface area contributed by atoms with Gasteiger partial charge < -0.3 is 29.2 Å². The van der Waals surface area contributed by atoms with Crippen LogP contribution in [0.15, 0.2) is 36.4 Å². The highest BCUT2D eigenvalue weighted by Gasteiger charge is 2.21. The minimum Gasteiger partial charge on any atom is -0.497 e. The molecule has 1 N–H and O–H groups in total. The zero-order chi connectivity index (χ0) is 22.8. The lowest BCUT2D eigenvalue weighted by molar-refractivity contribution is -0.116. The lowest BCUT2D eigenvalue weighted by atomic mass is 10.1. The maximum absolute atomic E-state index is 13.0. The Hall–Kier alpha value is -3.42. The molecule has 0 spiro atoms. The highest BCUT2D eigenvalue weighted by molar-refractivity contribution is 6.00. The Kier molecular flexibility index (Phi) is 8.99. The molecule has 8 nitrogen and oxygen atoms in total.